The van der Waals surface area contributed by atoms with Crippen LogP contribution in [0, 0.1) is 10.4 Å². The number of carboxylic acids is 2. The van der Waals surface area contributed by atoms with Crippen LogP contribution >= 0.6 is 0 Å². The normalized spacial score (nSPS) is 14.5. The minimum atomic E-state index is -2.52. The van der Waals surface area contributed by atoms with Gasteiger partial charge in [-0.15, -0.1) is 0 Å². The molecule has 1 aliphatic heterocycles. The fourth-order valence-electron chi connectivity index (χ4n) is 2.39. The van der Waals surface area contributed by atoms with E-state index in [1.807, 2.05) is 0 Å². The maximum atomic E-state index is 12.6. The van der Waals surface area contributed by atoms with E-state index in [0.29, 0.717) is 0 Å². The van der Waals surface area contributed by atoms with Crippen molar-refractivity contribution in [2.75, 3.05) is 0 Å². The van der Waals surface area contributed by atoms with E-state index in [9.17, 15) is 20.0 Å². The number of ether oxygens (including phenoxy) is 1. The summed E-state index contributed by atoms with van der Waals surface area (Å²) in [6.07, 6.45) is 0. The lowest BCUT2D eigenvalue weighted by Gasteiger charge is -2.49. The van der Waals surface area contributed by atoms with E-state index in [1.165, 1.54) is 24.3 Å². The second-order valence-corrected chi connectivity index (χ2v) is 4.57. The molecule has 0 unspecified atom stereocenters. The third kappa shape index (κ3) is 1.83. The number of hydrogen-bond acceptors (Lipinski definition) is 5. The smallest absolute Gasteiger partial charge is 0.341 e. The first-order valence-electron chi connectivity index (χ1n) is 6.06. The van der Waals surface area contributed by atoms with Gasteiger partial charge in [0.25, 0.3) is 0 Å². The van der Waals surface area contributed by atoms with Crippen LogP contribution in [0.2, 0.25) is 0 Å². The SMILES string of the molecule is O=C(O)c1cccc2c1[N+]([O-])([O-])c1c(cccc1C(=O)O)O2. The quantitative estimate of drug-likeness (QED) is 0.644. The van der Waals surface area contributed by atoms with Crippen molar-refractivity contribution in [3.63, 3.8) is 0 Å². The zero-order valence-electron chi connectivity index (χ0n) is 10.8. The largest absolute Gasteiger partial charge is 0.620 e. The second kappa shape index (κ2) is 4.53. The van der Waals surface area contributed by atoms with Gasteiger partial charge >= 0.3 is 11.9 Å². The fourth-order valence-corrected chi connectivity index (χ4v) is 2.39. The molecule has 0 radical (unpaired) electrons. The van der Waals surface area contributed by atoms with Gasteiger partial charge in [-0.25, -0.2) is 9.59 Å². The van der Waals surface area contributed by atoms with E-state index < -0.39 is 39.2 Å². The van der Waals surface area contributed by atoms with Crippen LogP contribution in [0.1, 0.15) is 20.7 Å². The summed E-state index contributed by atoms with van der Waals surface area (Å²) < 4.78 is 5.35. The van der Waals surface area contributed by atoms with Crippen LogP contribution in [0.15, 0.2) is 36.4 Å². The minimum absolute atomic E-state index is 0.208. The molecule has 0 bridgehead atoms. The highest BCUT2D eigenvalue weighted by Gasteiger charge is 2.37. The van der Waals surface area contributed by atoms with Crippen LogP contribution in [-0.4, -0.2) is 22.2 Å². The van der Waals surface area contributed by atoms with Crippen LogP contribution in [0.25, 0.3) is 0 Å². The first-order valence-corrected chi connectivity index (χ1v) is 6.06. The molecule has 1 aliphatic rings. The maximum Gasteiger partial charge on any atom is 0.341 e. The predicted molar refractivity (Wildman–Crippen MR) is 75.1 cm³/mol. The molecular weight excluding hydrogens is 294 g/mol. The zero-order chi connectivity index (χ0) is 16.1. The summed E-state index contributed by atoms with van der Waals surface area (Å²) in [7, 11) is 0. The molecule has 0 fully saturated rings. The highest BCUT2D eigenvalue weighted by Crippen LogP contribution is 2.53. The first-order chi connectivity index (χ1) is 10.3. The van der Waals surface area contributed by atoms with Crippen LogP contribution in [0.3, 0.4) is 0 Å². The Morgan fingerprint density at radius 2 is 1.27 bits per heavy atom. The van der Waals surface area contributed by atoms with Crippen LogP contribution in [0.5, 0.6) is 11.5 Å². The molecule has 22 heavy (non-hydrogen) atoms. The molecule has 0 atom stereocenters. The molecule has 0 saturated heterocycles. The highest BCUT2D eigenvalue weighted by atomic mass is 16.8. The molecule has 8 heteroatoms. The average molecular weight is 302 g/mol. The van der Waals surface area contributed by atoms with Gasteiger partial charge in [-0.2, -0.15) is 0 Å². The Hall–Kier alpha value is -2.94. The summed E-state index contributed by atoms with van der Waals surface area (Å²) in [5.74, 6) is -3.38. The number of quaternary nitrogens is 1. The monoisotopic (exact) mass is 302 g/mol. The summed E-state index contributed by atoms with van der Waals surface area (Å²) in [6.45, 7) is 0. The lowest BCUT2D eigenvalue weighted by Crippen LogP contribution is -2.36. The van der Waals surface area contributed by atoms with Crippen molar-refractivity contribution >= 4 is 23.3 Å². The van der Waals surface area contributed by atoms with E-state index in [2.05, 4.69) is 0 Å². The van der Waals surface area contributed by atoms with Crippen molar-refractivity contribution in [1.29, 1.82) is 0 Å². The molecule has 0 aliphatic carbocycles. The lowest BCUT2D eigenvalue weighted by molar-refractivity contribution is 0.0688. The van der Waals surface area contributed by atoms with Gasteiger partial charge in [0, 0.05) is 0 Å². The Morgan fingerprint density at radius 3 is 1.64 bits per heavy atom. The van der Waals surface area contributed by atoms with Crippen molar-refractivity contribution in [3.8, 4) is 11.5 Å². The Balaban J connectivity index is 2.36. The maximum absolute atomic E-state index is 12.6. The molecule has 0 saturated carbocycles. The number of carbonyl (C=O) groups is 2. The van der Waals surface area contributed by atoms with E-state index in [-0.39, 0.29) is 11.5 Å². The van der Waals surface area contributed by atoms with Crippen molar-refractivity contribution in [3.05, 3.63) is 57.9 Å². The molecule has 112 valence electrons. The van der Waals surface area contributed by atoms with Crippen LogP contribution in [0.4, 0.5) is 11.4 Å². The summed E-state index contributed by atoms with van der Waals surface area (Å²) in [6, 6.07) is 7.38. The predicted octanol–water partition coefficient (Wildman–Crippen LogP) is 2.82. The van der Waals surface area contributed by atoms with Gasteiger partial charge in [0.1, 0.15) is 11.1 Å². The standard InChI is InChI=1S/C14H8NO7/c16-13(17)7-3-1-5-9-11(7)15(20,21)12-8(14(18)19)4-2-6-10(12)22-9/h1-6H,(H,16,17)(H,18,19)/q-1. The highest BCUT2D eigenvalue weighted by molar-refractivity contribution is 6.02. The number of rotatable bonds is 2. The first kappa shape index (κ1) is 14.0. The van der Waals surface area contributed by atoms with Gasteiger partial charge in [0.15, 0.2) is 22.9 Å². The van der Waals surface area contributed by atoms with Gasteiger partial charge in [0.05, 0.1) is 0 Å². The average Bonchev–Trinajstić information content (AvgIpc) is 2.45. The molecule has 2 aromatic carbocycles. The number of fused-ring (bicyclic) bond motifs is 2. The van der Waals surface area contributed by atoms with Crippen molar-refractivity contribution in [2.45, 2.75) is 0 Å². The van der Waals surface area contributed by atoms with E-state index in [0.717, 1.165) is 12.1 Å². The molecular formula is C14H8NO7-. The van der Waals surface area contributed by atoms with Gasteiger partial charge in [-0.1, -0.05) is 12.1 Å². The molecule has 0 aromatic heterocycles. The summed E-state index contributed by atoms with van der Waals surface area (Å²) >= 11 is 0. The molecule has 2 aromatic rings. The molecule has 8 nitrogen and oxygen atoms in total. The Morgan fingerprint density at radius 1 is 0.864 bits per heavy atom. The van der Waals surface area contributed by atoms with Crippen molar-refractivity contribution < 1.29 is 24.5 Å². The number of para-hydroxylation sites is 2. The second-order valence-electron chi connectivity index (χ2n) is 4.57. The molecule has 0 amide bonds. The Kier molecular flexibility index (Phi) is 2.89. The fraction of sp³-hybridized carbons (Fsp3) is 0. The van der Waals surface area contributed by atoms with Gasteiger partial charge in [0.2, 0.25) is 0 Å². The Labute approximate surface area is 123 Å². The van der Waals surface area contributed by atoms with E-state index in [4.69, 9.17) is 14.9 Å². The third-order valence-electron chi connectivity index (χ3n) is 3.27. The molecule has 2 N–H and O–H groups in total. The summed E-state index contributed by atoms with van der Waals surface area (Å²) in [5.41, 5.74) is -2.44. The lowest BCUT2D eigenvalue weighted by atomic mass is 10.1. The molecule has 1 heterocycles. The van der Waals surface area contributed by atoms with Crippen molar-refractivity contribution in [2.24, 2.45) is 0 Å². The third-order valence-corrected chi connectivity index (χ3v) is 3.27. The zero-order valence-corrected chi connectivity index (χ0v) is 10.8. The van der Waals surface area contributed by atoms with E-state index >= 15 is 0 Å². The van der Waals surface area contributed by atoms with Crippen molar-refractivity contribution in [1.82, 2.24) is 4.81 Å². The topological polar surface area (TPSA) is 130 Å². The number of aromatic carboxylic acids is 2. The van der Waals surface area contributed by atoms with E-state index in [1.54, 1.807) is 0 Å². The molecule has 3 rings (SSSR count). The summed E-state index contributed by atoms with van der Waals surface area (Å²) in [5, 5.41) is 43.5. The van der Waals surface area contributed by atoms with Gasteiger partial charge in [-0.05, 0) is 24.3 Å². The number of nitrogens with zero attached hydrogens (tertiary/aromatic N) is 1. The van der Waals surface area contributed by atoms with Gasteiger partial charge < -0.3 is 30.2 Å². The minimum Gasteiger partial charge on any atom is -0.620 e. The summed E-state index contributed by atoms with van der Waals surface area (Å²) in [4.78, 5) is 19.9. The number of benzene rings is 2. The Bertz CT molecular complexity index is 747. The number of hydrogen-bond donors (Lipinski definition) is 2. The van der Waals surface area contributed by atoms with Crippen LogP contribution < -0.4 is 9.55 Å². The molecule has 0 spiro atoms. The number of carboxylic acid groups (broad SMARTS) is 2. The van der Waals surface area contributed by atoms with Gasteiger partial charge in [-0.3, -0.25) is 0 Å². The van der Waals surface area contributed by atoms with Crippen LogP contribution in [-0.2, 0) is 0 Å².